The van der Waals surface area contributed by atoms with Gasteiger partial charge >= 0.3 is 6.09 Å². The van der Waals surface area contributed by atoms with Crippen LogP contribution in [0.4, 0.5) is 4.79 Å². The summed E-state index contributed by atoms with van der Waals surface area (Å²) >= 11 is 0. The van der Waals surface area contributed by atoms with E-state index in [0.29, 0.717) is 0 Å². The maximum atomic E-state index is 12.4. The van der Waals surface area contributed by atoms with Crippen LogP contribution < -0.4 is 5.32 Å². The minimum absolute atomic E-state index is 0.106. The summed E-state index contributed by atoms with van der Waals surface area (Å²) in [6, 6.07) is 2.57. The second-order valence-corrected chi connectivity index (χ2v) is 7.43. The van der Waals surface area contributed by atoms with Gasteiger partial charge in [-0.25, -0.2) is 4.79 Å². The van der Waals surface area contributed by atoms with E-state index in [0.717, 1.165) is 25.1 Å². The Morgan fingerprint density at radius 2 is 2.17 bits per heavy atom. The van der Waals surface area contributed by atoms with Crippen molar-refractivity contribution < 1.29 is 9.53 Å². The molecule has 0 radical (unpaired) electrons. The number of amides is 1. The molecule has 0 saturated carbocycles. The van der Waals surface area contributed by atoms with Crippen LogP contribution in [0.5, 0.6) is 0 Å². The minimum atomic E-state index is -0.459. The van der Waals surface area contributed by atoms with Crippen LogP contribution >= 0.6 is 0 Å². The predicted molar refractivity (Wildman–Crippen MR) is 90.2 cm³/mol. The zero-order valence-electron chi connectivity index (χ0n) is 15.2. The summed E-state index contributed by atoms with van der Waals surface area (Å²) in [5.41, 5.74) is 0.686. The van der Waals surface area contributed by atoms with Crippen molar-refractivity contribution in [2.75, 3.05) is 6.54 Å². The molecule has 6 nitrogen and oxygen atoms in total. The van der Waals surface area contributed by atoms with Crippen LogP contribution in [0.3, 0.4) is 0 Å². The van der Waals surface area contributed by atoms with Gasteiger partial charge in [0.25, 0.3) is 0 Å². The van der Waals surface area contributed by atoms with E-state index in [1.165, 1.54) is 0 Å². The lowest BCUT2D eigenvalue weighted by atomic mass is 9.96. The third kappa shape index (κ3) is 4.47. The molecule has 2 heterocycles. The molecule has 130 valence electrons. The smallest absolute Gasteiger partial charge is 0.410 e. The van der Waals surface area contributed by atoms with E-state index in [4.69, 9.17) is 4.74 Å². The van der Waals surface area contributed by atoms with Crippen LogP contribution in [0, 0.1) is 0 Å². The molecule has 6 heteroatoms. The normalized spacial score (nSPS) is 23.7. The average Bonchev–Trinajstić information content (AvgIpc) is 2.85. The largest absolute Gasteiger partial charge is 0.444 e. The first-order chi connectivity index (χ1) is 10.7. The third-order valence-corrected chi connectivity index (χ3v) is 4.38. The van der Waals surface area contributed by atoms with Gasteiger partial charge in [0.1, 0.15) is 5.60 Å². The number of nitrogens with zero attached hydrogens (tertiary/aromatic N) is 3. The summed E-state index contributed by atoms with van der Waals surface area (Å²) in [5, 5.41) is 7.87. The van der Waals surface area contributed by atoms with Crippen LogP contribution in [-0.4, -0.2) is 45.0 Å². The molecule has 1 saturated heterocycles. The Balaban J connectivity index is 2.00. The molecule has 0 aliphatic carbocycles. The van der Waals surface area contributed by atoms with Crippen molar-refractivity contribution in [1.29, 1.82) is 0 Å². The Kier molecular flexibility index (Phi) is 5.34. The van der Waals surface area contributed by atoms with E-state index in [1.54, 1.807) is 0 Å². The van der Waals surface area contributed by atoms with E-state index in [1.807, 2.05) is 49.7 Å². The maximum absolute atomic E-state index is 12.4. The molecule has 1 aromatic heterocycles. The number of hydrogen-bond donors (Lipinski definition) is 1. The molecule has 2 rings (SSSR count). The fraction of sp³-hybridized carbons (Fsp3) is 0.765. The van der Waals surface area contributed by atoms with Gasteiger partial charge in [-0.1, -0.05) is 0 Å². The highest BCUT2D eigenvalue weighted by Gasteiger charge is 2.34. The first kappa shape index (κ1) is 17.8. The van der Waals surface area contributed by atoms with Crippen LogP contribution in [0.15, 0.2) is 12.3 Å². The van der Waals surface area contributed by atoms with Gasteiger partial charge in [0, 0.05) is 37.9 Å². The molecule has 1 aromatic rings. The number of rotatable bonds is 3. The zero-order valence-corrected chi connectivity index (χ0v) is 15.2. The summed E-state index contributed by atoms with van der Waals surface area (Å²) in [7, 11) is 1.95. The Bertz CT molecular complexity index is 535. The molecule has 1 aliphatic rings. The number of hydrogen-bond acceptors (Lipinski definition) is 4. The SMILES string of the molecule is CC(NC1CCCN(C(=O)OC(C)(C)C)C1C)c1ccnn1C. The Morgan fingerprint density at radius 1 is 1.48 bits per heavy atom. The van der Waals surface area contributed by atoms with Crippen molar-refractivity contribution in [3.63, 3.8) is 0 Å². The number of ether oxygens (including phenoxy) is 1. The van der Waals surface area contributed by atoms with Gasteiger partial charge in [0.2, 0.25) is 0 Å². The number of nitrogens with one attached hydrogen (secondary N) is 1. The van der Waals surface area contributed by atoms with E-state index >= 15 is 0 Å². The molecule has 1 amide bonds. The summed E-state index contributed by atoms with van der Waals surface area (Å²) in [6.45, 7) is 10.7. The van der Waals surface area contributed by atoms with Crippen molar-refractivity contribution in [3.8, 4) is 0 Å². The summed E-state index contributed by atoms with van der Waals surface area (Å²) in [4.78, 5) is 14.2. The molecule has 0 spiro atoms. The lowest BCUT2D eigenvalue weighted by Crippen LogP contribution is -2.55. The number of carbonyl (C=O) groups is 1. The summed E-state index contributed by atoms with van der Waals surface area (Å²) < 4.78 is 7.42. The molecule has 3 unspecified atom stereocenters. The minimum Gasteiger partial charge on any atom is -0.444 e. The van der Waals surface area contributed by atoms with Gasteiger partial charge in [-0.3, -0.25) is 4.68 Å². The first-order valence-electron chi connectivity index (χ1n) is 8.42. The van der Waals surface area contributed by atoms with Crippen LogP contribution in [0.1, 0.15) is 59.2 Å². The molecular weight excluding hydrogens is 292 g/mol. The molecule has 0 aromatic carbocycles. The van der Waals surface area contributed by atoms with E-state index in [-0.39, 0.29) is 24.2 Å². The van der Waals surface area contributed by atoms with Crippen LogP contribution in [0.2, 0.25) is 0 Å². The van der Waals surface area contributed by atoms with E-state index in [9.17, 15) is 4.79 Å². The summed E-state index contributed by atoms with van der Waals surface area (Å²) in [6.07, 6.45) is 3.64. The quantitative estimate of drug-likeness (QED) is 0.929. The zero-order chi connectivity index (χ0) is 17.2. The van der Waals surface area contributed by atoms with Crippen molar-refractivity contribution in [1.82, 2.24) is 20.0 Å². The van der Waals surface area contributed by atoms with Crippen LogP contribution in [-0.2, 0) is 11.8 Å². The highest BCUT2D eigenvalue weighted by molar-refractivity contribution is 5.68. The molecule has 0 bridgehead atoms. The lowest BCUT2D eigenvalue weighted by Gasteiger charge is -2.41. The standard InChI is InChI=1S/C17H30N4O2/c1-12(15-9-10-18-20(15)6)19-14-8-7-11-21(13(14)2)16(22)23-17(3,4)5/h9-10,12-14,19H,7-8,11H2,1-6H3. The number of carbonyl (C=O) groups excluding carboxylic acids is 1. The van der Waals surface area contributed by atoms with Gasteiger partial charge < -0.3 is 15.0 Å². The fourth-order valence-electron chi connectivity index (χ4n) is 3.16. The van der Waals surface area contributed by atoms with Crippen molar-refractivity contribution >= 4 is 6.09 Å². The lowest BCUT2D eigenvalue weighted by molar-refractivity contribution is 0.00637. The van der Waals surface area contributed by atoms with Gasteiger partial charge in [-0.2, -0.15) is 5.10 Å². The number of piperidine rings is 1. The Labute approximate surface area is 139 Å². The van der Waals surface area contributed by atoms with Crippen molar-refractivity contribution in [2.45, 2.75) is 71.2 Å². The van der Waals surface area contributed by atoms with E-state index in [2.05, 4.69) is 24.3 Å². The van der Waals surface area contributed by atoms with Gasteiger partial charge in [0.15, 0.2) is 0 Å². The second-order valence-electron chi connectivity index (χ2n) is 7.43. The molecule has 3 atom stereocenters. The fourth-order valence-corrected chi connectivity index (χ4v) is 3.16. The molecule has 23 heavy (non-hydrogen) atoms. The van der Waals surface area contributed by atoms with Gasteiger partial charge in [-0.15, -0.1) is 0 Å². The molecule has 1 aliphatic heterocycles. The van der Waals surface area contributed by atoms with E-state index < -0.39 is 5.60 Å². The number of aryl methyl sites for hydroxylation is 1. The number of likely N-dealkylation sites (tertiary alicyclic amines) is 1. The predicted octanol–water partition coefficient (Wildman–Crippen LogP) is 2.86. The highest BCUT2D eigenvalue weighted by atomic mass is 16.6. The topological polar surface area (TPSA) is 59.4 Å². The first-order valence-corrected chi connectivity index (χ1v) is 8.42. The van der Waals surface area contributed by atoms with Gasteiger partial charge in [0.05, 0.1) is 5.69 Å². The molecular formula is C17H30N4O2. The van der Waals surface area contributed by atoms with Gasteiger partial charge in [-0.05, 0) is 53.5 Å². The number of aromatic nitrogens is 2. The Morgan fingerprint density at radius 3 is 2.74 bits per heavy atom. The highest BCUT2D eigenvalue weighted by Crippen LogP contribution is 2.23. The monoisotopic (exact) mass is 322 g/mol. The van der Waals surface area contributed by atoms with Crippen molar-refractivity contribution in [3.05, 3.63) is 18.0 Å². The second kappa shape index (κ2) is 6.91. The van der Waals surface area contributed by atoms with Crippen LogP contribution in [0.25, 0.3) is 0 Å². The molecule has 1 fully saturated rings. The summed E-state index contributed by atoms with van der Waals surface area (Å²) in [5.74, 6) is 0. The van der Waals surface area contributed by atoms with Crippen molar-refractivity contribution in [2.24, 2.45) is 7.05 Å². The average molecular weight is 322 g/mol. The third-order valence-electron chi connectivity index (χ3n) is 4.38. The maximum Gasteiger partial charge on any atom is 0.410 e. The molecule has 1 N–H and O–H groups in total. The Hall–Kier alpha value is -1.56.